The summed E-state index contributed by atoms with van der Waals surface area (Å²) < 4.78 is 2.18. The third kappa shape index (κ3) is 1.10. The van der Waals surface area contributed by atoms with Crippen LogP contribution < -0.4 is 5.73 Å². The van der Waals surface area contributed by atoms with Gasteiger partial charge in [0.05, 0.1) is 16.7 Å². The number of nitrogens with zero attached hydrogens (tertiary/aromatic N) is 2. The van der Waals surface area contributed by atoms with Crippen LogP contribution in [0.1, 0.15) is 5.69 Å². The molecule has 0 aliphatic rings. The third-order valence-corrected chi connectivity index (χ3v) is 3.06. The summed E-state index contributed by atoms with van der Waals surface area (Å²) in [5.41, 5.74) is 10.2. The van der Waals surface area contributed by atoms with Crippen LogP contribution in [0.5, 0.6) is 0 Å². The van der Waals surface area contributed by atoms with E-state index < -0.39 is 0 Å². The van der Waals surface area contributed by atoms with E-state index in [2.05, 4.69) is 33.9 Å². The maximum absolute atomic E-state index is 5.60. The van der Waals surface area contributed by atoms with E-state index in [9.17, 15) is 0 Å². The summed E-state index contributed by atoms with van der Waals surface area (Å²) in [7, 11) is 2.07. The van der Waals surface area contributed by atoms with Crippen LogP contribution in [0.4, 0.5) is 0 Å². The predicted octanol–water partition coefficient (Wildman–Crippen LogP) is 1.56. The van der Waals surface area contributed by atoms with Crippen molar-refractivity contribution < 1.29 is 0 Å². The maximum atomic E-state index is 5.60. The molecule has 2 heterocycles. The summed E-state index contributed by atoms with van der Waals surface area (Å²) in [4.78, 5) is 0. The average molecular weight is 214 g/mol. The fourth-order valence-electron chi connectivity index (χ4n) is 2.33. The van der Waals surface area contributed by atoms with E-state index in [0.29, 0.717) is 6.54 Å². The molecular weight excluding hydrogens is 200 g/mol. The maximum Gasteiger partial charge on any atom is 0.118 e. The summed E-state index contributed by atoms with van der Waals surface area (Å²) in [5, 5.41) is 8.66. The number of hydrogen-bond acceptors (Lipinski definition) is 2. The highest BCUT2D eigenvalue weighted by atomic mass is 15.2. The van der Waals surface area contributed by atoms with E-state index in [0.717, 1.165) is 17.6 Å². The predicted molar refractivity (Wildman–Crippen MR) is 65.3 cm³/mol. The topological polar surface area (TPSA) is 59.6 Å². The van der Waals surface area contributed by atoms with Crippen molar-refractivity contribution in [3.05, 3.63) is 30.0 Å². The molecule has 4 nitrogen and oxygen atoms in total. The molecule has 0 aliphatic carbocycles. The zero-order chi connectivity index (χ0) is 11.1. The van der Waals surface area contributed by atoms with Crippen molar-refractivity contribution in [2.75, 3.05) is 6.54 Å². The molecule has 82 valence electrons. The van der Waals surface area contributed by atoms with Crippen molar-refractivity contribution >= 4 is 21.9 Å². The standard InChI is InChI=1S/C12H14N4/c1-16-10-5-3-2-4-8(10)11-12(16)9(6-7-13)14-15-11/h2-5H,6-7,13H2,1H3,(H,14,15). The number of fused-ring (bicyclic) bond motifs is 3. The zero-order valence-electron chi connectivity index (χ0n) is 9.20. The minimum atomic E-state index is 0.638. The Balaban J connectivity index is 2.43. The normalized spacial score (nSPS) is 11.6. The molecule has 0 spiro atoms. The summed E-state index contributed by atoms with van der Waals surface area (Å²) >= 11 is 0. The highest BCUT2D eigenvalue weighted by molar-refractivity contribution is 6.06. The average Bonchev–Trinajstić information content (AvgIpc) is 2.83. The number of nitrogens with two attached hydrogens (primary N) is 1. The van der Waals surface area contributed by atoms with E-state index >= 15 is 0 Å². The molecule has 0 unspecified atom stereocenters. The van der Waals surface area contributed by atoms with Gasteiger partial charge in [0.25, 0.3) is 0 Å². The SMILES string of the molecule is Cn1c2ccccc2c2n[nH]c(CCN)c21. The quantitative estimate of drug-likeness (QED) is 0.680. The van der Waals surface area contributed by atoms with Gasteiger partial charge in [0.1, 0.15) is 5.52 Å². The van der Waals surface area contributed by atoms with Crippen LogP contribution in [-0.2, 0) is 13.5 Å². The Labute approximate surface area is 93.0 Å². The van der Waals surface area contributed by atoms with E-state index in [1.54, 1.807) is 0 Å². The Morgan fingerprint density at radius 3 is 3.00 bits per heavy atom. The largest absolute Gasteiger partial charge is 0.341 e. The number of benzene rings is 1. The number of rotatable bonds is 2. The molecule has 0 aliphatic heterocycles. The molecule has 16 heavy (non-hydrogen) atoms. The first-order valence-electron chi connectivity index (χ1n) is 5.43. The van der Waals surface area contributed by atoms with Crippen molar-refractivity contribution in [2.45, 2.75) is 6.42 Å². The first-order chi connectivity index (χ1) is 7.83. The number of aryl methyl sites for hydroxylation is 1. The molecule has 2 aromatic heterocycles. The van der Waals surface area contributed by atoms with Crippen LogP contribution >= 0.6 is 0 Å². The van der Waals surface area contributed by atoms with Gasteiger partial charge >= 0.3 is 0 Å². The van der Waals surface area contributed by atoms with Crippen LogP contribution in [0.3, 0.4) is 0 Å². The van der Waals surface area contributed by atoms with Gasteiger partial charge in [-0.3, -0.25) is 5.10 Å². The van der Waals surface area contributed by atoms with Crippen LogP contribution in [0.25, 0.3) is 21.9 Å². The second-order valence-electron chi connectivity index (χ2n) is 4.01. The monoisotopic (exact) mass is 214 g/mol. The van der Waals surface area contributed by atoms with E-state index in [1.807, 2.05) is 12.1 Å². The Hall–Kier alpha value is -1.81. The van der Waals surface area contributed by atoms with Gasteiger partial charge < -0.3 is 10.3 Å². The molecule has 3 rings (SSSR count). The van der Waals surface area contributed by atoms with E-state index in [4.69, 9.17) is 5.73 Å². The lowest BCUT2D eigenvalue weighted by molar-refractivity contribution is 0.893. The van der Waals surface area contributed by atoms with Crippen LogP contribution in [0.2, 0.25) is 0 Å². The van der Waals surface area contributed by atoms with Crippen molar-refractivity contribution in [3.8, 4) is 0 Å². The smallest absolute Gasteiger partial charge is 0.118 e. The Morgan fingerprint density at radius 2 is 2.19 bits per heavy atom. The number of aromatic nitrogens is 3. The first kappa shape index (κ1) is 9.42. The summed E-state index contributed by atoms with van der Waals surface area (Å²) in [6.45, 7) is 0.638. The first-order valence-corrected chi connectivity index (χ1v) is 5.43. The third-order valence-electron chi connectivity index (χ3n) is 3.06. The van der Waals surface area contributed by atoms with E-state index in [1.165, 1.54) is 16.4 Å². The second kappa shape index (κ2) is 3.35. The van der Waals surface area contributed by atoms with Crippen LogP contribution in [0, 0.1) is 0 Å². The van der Waals surface area contributed by atoms with Crippen molar-refractivity contribution in [3.63, 3.8) is 0 Å². The van der Waals surface area contributed by atoms with Crippen molar-refractivity contribution in [1.29, 1.82) is 0 Å². The fourth-order valence-corrected chi connectivity index (χ4v) is 2.33. The van der Waals surface area contributed by atoms with Gasteiger partial charge in [-0.05, 0) is 12.6 Å². The number of nitrogens with one attached hydrogen (secondary N) is 1. The van der Waals surface area contributed by atoms with E-state index in [-0.39, 0.29) is 0 Å². The minimum absolute atomic E-state index is 0.638. The minimum Gasteiger partial charge on any atom is -0.341 e. The fraction of sp³-hybridized carbons (Fsp3) is 0.250. The van der Waals surface area contributed by atoms with Gasteiger partial charge in [-0.15, -0.1) is 0 Å². The summed E-state index contributed by atoms with van der Waals surface area (Å²) in [6, 6.07) is 8.31. The van der Waals surface area contributed by atoms with Crippen LogP contribution in [-0.4, -0.2) is 21.3 Å². The Morgan fingerprint density at radius 1 is 1.38 bits per heavy atom. The Kier molecular flexibility index (Phi) is 1.97. The van der Waals surface area contributed by atoms with Crippen molar-refractivity contribution in [1.82, 2.24) is 14.8 Å². The molecule has 0 radical (unpaired) electrons. The van der Waals surface area contributed by atoms with Gasteiger partial charge in [0, 0.05) is 18.9 Å². The molecule has 0 saturated heterocycles. The Bertz CT molecular complexity index is 647. The molecule has 0 saturated carbocycles. The molecule has 1 aromatic carbocycles. The molecule has 3 aromatic rings. The number of para-hydroxylation sites is 1. The molecule has 0 amide bonds. The van der Waals surface area contributed by atoms with Crippen molar-refractivity contribution in [2.24, 2.45) is 12.8 Å². The molecule has 4 heteroatoms. The van der Waals surface area contributed by atoms with Gasteiger partial charge in [-0.1, -0.05) is 18.2 Å². The second-order valence-corrected chi connectivity index (χ2v) is 4.01. The molecule has 3 N–H and O–H groups in total. The molecular formula is C12H14N4. The zero-order valence-corrected chi connectivity index (χ0v) is 9.20. The summed E-state index contributed by atoms with van der Waals surface area (Å²) in [5.74, 6) is 0. The van der Waals surface area contributed by atoms with Crippen LogP contribution in [0.15, 0.2) is 24.3 Å². The highest BCUT2D eigenvalue weighted by Crippen LogP contribution is 2.28. The molecule has 0 bridgehead atoms. The van der Waals surface area contributed by atoms with Gasteiger partial charge in [0.2, 0.25) is 0 Å². The molecule has 0 fully saturated rings. The lowest BCUT2D eigenvalue weighted by atomic mass is 10.2. The van der Waals surface area contributed by atoms with Gasteiger partial charge in [0.15, 0.2) is 0 Å². The summed E-state index contributed by atoms with van der Waals surface area (Å²) in [6.07, 6.45) is 0.834. The number of hydrogen-bond donors (Lipinski definition) is 2. The lowest BCUT2D eigenvalue weighted by Crippen LogP contribution is -2.04. The van der Waals surface area contributed by atoms with Gasteiger partial charge in [-0.2, -0.15) is 5.10 Å². The highest BCUT2D eigenvalue weighted by Gasteiger charge is 2.13. The number of aromatic amines is 1. The van der Waals surface area contributed by atoms with Gasteiger partial charge in [-0.25, -0.2) is 0 Å². The molecule has 0 atom stereocenters. The number of H-pyrrole nitrogens is 1. The lowest BCUT2D eigenvalue weighted by Gasteiger charge is -1.99.